The van der Waals surface area contributed by atoms with Gasteiger partial charge in [-0.2, -0.15) is 0 Å². The number of halogens is 1. The average molecular weight is 337 g/mol. The third kappa shape index (κ3) is 4.95. The first kappa shape index (κ1) is 18.3. The SMILES string of the molecule is Cl.O=C(NCCN1CCCC1)C(c1ccccc1)C1CCCC1. The molecule has 23 heavy (non-hydrogen) atoms. The normalized spacial score (nSPS) is 20.2. The molecule has 1 amide bonds. The second-order valence-electron chi connectivity index (χ2n) is 6.77. The zero-order valence-electron chi connectivity index (χ0n) is 13.9. The van der Waals surface area contributed by atoms with Crippen LogP contribution in [0.1, 0.15) is 50.0 Å². The summed E-state index contributed by atoms with van der Waals surface area (Å²) in [5.74, 6) is 0.800. The first-order valence-electron chi connectivity index (χ1n) is 8.89. The summed E-state index contributed by atoms with van der Waals surface area (Å²) in [6.07, 6.45) is 7.55. The van der Waals surface area contributed by atoms with Crippen molar-refractivity contribution in [3.05, 3.63) is 35.9 Å². The van der Waals surface area contributed by atoms with Crippen molar-refractivity contribution in [1.29, 1.82) is 0 Å². The molecular weight excluding hydrogens is 308 g/mol. The van der Waals surface area contributed by atoms with Gasteiger partial charge in [-0.05, 0) is 50.3 Å². The molecule has 3 nitrogen and oxygen atoms in total. The van der Waals surface area contributed by atoms with Crippen molar-refractivity contribution >= 4 is 18.3 Å². The lowest BCUT2D eigenvalue weighted by Crippen LogP contribution is -2.37. The van der Waals surface area contributed by atoms with Gasteiger partial charge in [0, 0.05) is 13.1 Å². The summed E-state index contributed by atoms with van der Waals surface area (Å²) in [6, 6.07) is 10.4. The summed E-state index contributed by atoms with van der Waals surface area (Å²) in [5.41, 5.74) is 1.19. The summed E-state index contributed by atoms with van der Waals surface area (Å²) < 4.78 is 0. The molecule has 1 saturated heterocycles. The van der Waals surface area contributed by atoms with Gasteiger partial charge in [0.25, 0.3) is 0 Å². The van der Waals surface area contributed by atoms with Gasteiger partial charge in [0.1, 0.15) is 0 Å². The number of rotatable bonds is 6. The summed E-state index contributed by atoms with van der Waals surface area (Å²) in [5, 5.41) is 3.20. The smallest absolute Gasteiger partial charge is 0.227 e. The van der Waals surface area contributed by atoms with Gasteiger partial charge >= 0.3 is 0 Å². The molecule has 2 fully saturated rings. The lowest BCUT2D eigenvalue weighted by atomic mass is 9.84. The average Bonchev–Trinajstić information content (AvgIpc) is 3.22. The van der Waals surface area contributed by atoms with E-state index in [0.29, 0.717) is 5.92 Å². The number of hydrogen-bond acceptors (Lipinski definition) is 2. The van der Waals surface area contributed by atoms with Crippen molar-refractivity contribution in [3.63, 3.8) is 0 Å². The minimum Gasteiger partial charge on any atom is -0.354 e. The molecule has 4 heteroatoms. The summed E-state index contributed by atoms with van der Waals surface area (Å²) in [6.45, 7) is 4.17. The zero-order valence-corrected chi connectivity index (χ0v) is 14.7. The first-order chi connectivity index (χ1) is 10.8. The molecule has 3 rings (SSSR count). The highest BCUT2D eigenvalue weighted by molar-refractivity contribution is 5.85. The van der Waals surface area contributed by atoms with Crippen molar-refractivity contribution in [2.75, 3.05) is 26.2 Å². The van der Waals surface area contributed by atoms with Crippen molar-refractivity contribution in [2.45, 2.75) is 44.4 Å². The van der Waals surface area contributed by atoms with Gasteiger partial charge in [-0.1, -0.05) is 43.2 Å². The van der Waals surface area contributed by atoms with E-state index in [0.717, 1.165) is 13.1 Å². The third-order valence-electron chi connectivity index (χ3n) is 5.24. The van der Waals surface area contributed by atoms with Crippen LogP contribution in [0.4, 0.5) is 0 Å². The standard InChI is InChI=1S/C19H28N2O.ClH/c22-19(20-12-15-21-13-6-7-14-21)18(17-10-4-5-11-17)16-8-2-1-3-9-16;/h1-3,8-9,17-18H,4-7,10-15H2,(H,20,22);1H. The number of carbonyl (C=O) groups excluding carboxylic acids is 1. The second kappa shape index (κ2) is 9.29. The quantitative estimate of drug-likeness (QED) is 0.861. The predicted octanol–water partition coefficient (Wildman–Crippen LogP) is 3.59. The van der Waals surface area contributed by atoms with Crippen LogP contribution in [0.3, 0.4) is 0 Å². The number of nitrogens with one attached hydrogen (secondary N) is 1. The molecule has 1 atom stereocenters. The Kier molecular flexibility index (Phi) is 7.38. The molecule has 2 aliphatic rings. The minimum atomic E-state index is 0. The molecule has 1 unspecified atom stereocenters. The number of hydrogen-bond donors (Lipinski definition) is 1. The largest absolute Gasteiger partial charge is 0.354 e. The van der Waals surface area contributed by atoms with E-state index in [1.165, 1.54) is 57.2 Å². The van der Waals surface area contributed by atoms with Crippen LogP contribution in [0, 0.1) is 5.92 Å². The maximum Gasteiger partial charge on any atom is 0.227 e. The number of likely N-dealkylation sites (tertiary alicyclic amines) is 1. The van der Waals surface area contributed by atoms with Crippen molar-refractivity contribution in [1.82, 2.24) is 10.2 Å². The van der Waals surface area contributed by atoms with E-state index in [-0.39, 0.29) is 24.2 Å². The number of nitrogens with zero attached hydrogens (tertiary/aromatic N) is 1. The highest BCUT2D eigenvalue weighted by Crippen LogP contribution is 2.37. The maximum atomic E-state index is 12.8. The van der Waals surface area contributed by atoms with E-state index in [1.54, 1.807) is 0 Å². The lowest BCUT2D eigenvalue weighted by molar-refractivity contribution is -0.123. The zero-order chi connectivity index (χ0) is 15.2. The van der Waals surface area contributed by atoms with E-state index in [9.17, 15) is 4.79 Å². The molecule has 0 spiro atoms. The van der Waals surface area contributed by atoms with Crippen LogP contribution < -0.4 is 5.32 Å². The van der Waals surface area contributed by atoms with Crippen LogP contribution in [0.25, 0.3) is 0 Å². The highest BCUT2D eigenvalue weighted by Gasteiger charge is 2.31. The molecule has 1 saturated carbocycles. The highest BCUT2D eigenvalue weighted by atomic mass is 35.5. The summed E-state index contributed by atoms with van der Waals surface area (Å²) in [7, 11) is 0. The Labute approximate surface area is 146 Å². The van der Waals surface area contributed by atoms with Gasteiger partial charge < -0.3 is 10.2 Å². The molecule has 1 heterocycles. The number of benzene rings is 1. The molecule has 0 aromatic heterocycles. The van der Waals surface area contributed by atoms with E-state index < -0.39 is 0 Å². The topological polar surface area (TPSA) is 32.3 Å². The van der Waals surface area contributed by atoms with Crippen LogP contribution in [0.5, 0.6) is 0 Å². The fourth-order valence-electron chi connectivity index (χ4n) is 4.04. The fraction of sp³-hybridized carbons (Fsp3) is 0.632. The molecule has 0 radical (unpaired) electrons. The second-order valence-corrected chi connectivity index (χ2v) is 6.77. The van der Waals surface area contributed by atoms with E-state index in [2.05, 4.69) is 34.5 Å². The van der Waals surface area contributed by atoms with Gasteiger partial charge in [-0.15, -0.1) is 12.4 Å². The van der Waals surface area contributed by atoms with E-state index in [4.69, 9.17) is 0 Å². The van der Waals surface area contributed by atoms with Crippen molar-refractivity contribution in [2.24, 2.45) is 5.92 Å². The van der Waals surface area contributed by atoms with Gasteiger partial charge in [0.15, 0.2) is 0 Å². The van der Waals surface area contributed by atoms with Crippen LogP contribution in [-0.2, 0) is 4.79 Å². The molecular formula is C19H29ClN2O. The number of carbonyl (C=O) groups is 1. The van der Waals surface area contributed by atoms with Crippen LogP contribution in [0.15, 0.2) is 30.3 Å². The fourth-order valence-corrected chi connectivity index (χ4v) is 4.04. The van der Waals surface area contributed by atoms with E-state index in [1.807, 2.05) is 6.07 Å². The molecule has 1 aliphatic heterocycles. The lowest BCUT2D eigenvalue weighted by Gasteiger charge is -2.24. The summed E-state index contributed by atoms with van der Waals surface area (Å²) >= 11 is 0. The minimum absolute atomic E-state index is 0. The predicted molar refractivity (Wildman–Crippen MR) is 97.1 cm³/mol. The van der Waals surface area contributed by atoms with Gasteiger partial charge in [-0.25, -0.2) is 0 Å². The Morgan fingerprint density at radius 1 is 1.09 bits per heavy atom. The Hall–Kier alpha value is -1.06. The van der Waals surface area contributed by atoms with Crippen molar-refractivity contribution < 1.29 is 4.79 Å². The molecule has 1 aromatic carbocycles. The Morgan fingerprint density at radius 3 is 2.39 bits per heavy atom. The van der Waals surface area contributed by atoms with Gasteiger partial charge in [-0.3, -0.25) is 4.79 Å². The molecule has 1 aliphatic carbocycles. The third-order valence-corrected chi connectivity index (χ3v) is 5.24. The Bertz CT molecular complexity index is 468. The van der Waals surface area contributed by atoms with Crippen LogP contribution in [-0.4, -0.2) is 37.0 Å². The van der Waals surface area contributed by atoms with Crippen molar-refractivity contribution in [3.8, 4) is 0 Å². The van der Waals surface area contributed by atoms with Crippen LogP contribution >= 0.6 is 12.4 Å². The van der Waals surface area contributed by atoms with Gasteiger partial charge in [0.2, 0.25) is 5.91 Å². The maximum absolute atomic E-state index is 12.8. The molecule has 1 aromatic rings. The molecule has 128 valence electrons. The van der Waals surface area contributed by atoms with Crippen LogP contribution in [0.2, 0.25) is 0 Å². The van der Waals surface area contributed by atoms with E-state index >= 15 is 0 Å². The first-order valence-corrected chi connectivity index (χ1v) is 8.89. The Morgan fingerprint density at radius 2 is 1.74 bits per heavy atom. The van der Waals surface area contributed by atoms with Gasteiger partial charge in [0.05, 0.1) is 5.92 Å². The monoisotopic (exact) mass is 336 g/mol. The molecule has 1 N–H and O–H groups in total. The summed E-state index contributed by atoms with van der Waals surface area (Å²) in [4.78, 5) is 15.2. The Balaban J connectivity index is 0.00000192. The molecule has 0 bridgehead atoms. The number of amides is 1.